The molecule has 2 N–H and O–H groups in total. The predicted octanol–water partition coefficient (Wildman–Crippen LogP) is 2.38. The van der Waals surface area contributed by atoms with Crippen LogP contribution >= 0.6 is 11.3 Å². The summed E-state index contributed by atoms with van der Waals surface area (Å²) in [4.78, 5) is 23.0. The first-order valence-corrected chi connectivity index (χ1v) is 6.98. The van der Waals surface area contributed by atoms with E-state index in [1.807, 2.05) is 29.6 Å². The van der Waals surface area contributed by atoms with Crippen LogP contribution in [0.25, 0.3) is 10.1 Å². The number of carboxylic acids is 1. The molecular formula is C14H13NO3S. The van der Waals surface area contributed by atoms with Crippen LogP contribution in [0.4, 0.5) is 0 Å². The molecule has 1 aromatic carbocycles. The average Bonchev–Trinajstić information content (AvgIpc) is 3.13. The molecule has 0 bridgehead atoms. The number of amides is 1. The zero-order valence-corrected chi connectivity index (χ0v) is 11.0. The molecular weight excluding hydrogens is 262 g/mol. The Hall–Kier alpha value is -1.88. The van der Waals surface area contributed by atoms with Crippen molar-refractivity contribution < 1.29 is 14.7 Å². The second-order valence-corrected chi connectivity index (χ2v) is 5.74. The Morgan fingerprint density at radius 3 is 2.74 bits per heavy atom. The van der Waals surface area contributed by atoms with E-state index >= 15 is 0 Å². The molecule has 1 amide bonds. The van der Waals surface area contributed by atoms with Gasteiger partial charge in [-0.3, -0.25) is 9.59 Å². The molecule has 0 saturated heterocycles. The van der Waals surface area contributed by atoms with Crippen molar-refractivity contribution in [1.29, 1.82) is 0 Å². The molecule has 0 radical (unpaired) electrons. The summed E-state index contributed by atoms with van der Waals surface area (Å²) in [6.45, 7) is 0.387. The summed E-state index contributed by atoms with van der Waals surface area (Å²) in [6.07, 6.45) is 0.886. The maximum absolute atomic E-state index is 11.9. The number of benzene rings is 1. The van der Waals surface area contributed by atoms with Gasteiger partial charge in [-0.15, -0.1) is 11.3 Å². The maximum atomic E-state index is 11.9. The standard InChI is InChI=1S/C14H13NO3S/c16-12(14(5-6-14)13(17)18)15-7-9-8-19-11-4-2-1-3-10(9)11/h1-4,8H,5-7H2,(H,15,16)(H,17,18). The minimum Gasteiger partial charge on any atom is -0.480 e. The summed E-state index contributed by atoms with van der Waals surface area (Å²) in [5.41, 5.74) is -0.124. The Morgan fingerprint density at radius 2 is 2.05 bits per heavy atom. The van der Waals surface area contributed by atoms with Gasteiger partial charge in [-0.25, -0.2) is 0 Å². The summed E-state index contributed by atoms with van der Waals surface area (Å²) in [5.74, 6) is -1.38. The first-order valence-electron chi connectivity index (χ1n) is 6.10. The number of thiophene rings is 1. The second kappa shape index (κ2) is 4.35. The van der Waals surface area contributed by atoms with Gasteiger partial charge in [-0.1, -0.05) is 18.2 Å². The first-order chi connectivity index (χ1) is 9.13. The highest BCUT2D eigenvalue weighted by Crippen LogP contribution is 2.46. The number of nitrogens with one attached hydrogen (secondary N) is 1. The number of rotatable bonds is 4. The molecule has 3 rings (SSSR count). The molecule has 1 aromatic heterocycles. The second-order valence-electron chi connectivity index (χ2n) is 4.83. The molecule has 2 aromatic rings. The molecule has 19 heavy (non-hydrogen) atoms. The van der Waals surface area contributed by atoms with E-state index in [1.54, 1.807) is 11.3 Å². The van der Waals surface area contributed by atoms with Crippen LogP contribution in [0.2, 0.25) is 0 Å². The van der Waals surface area contributed by atoms with Gasteiger partial charge in [0.1, 0.15) is 5.41 Å². The lowest BCUT2D eigenvalue weighted by Gasteiger charge is -2.10. The number of aliphatic carboxylic acids is 1. The Balaban J connectivity index is 1.73. The molecule has 0 unspecified atom stereocenters. The van der Waals surface area contributed by atoms with Crippen LogP contribution in [0.5, 0.6) is 0 Å². The number of carboxylic acid groups (broad SMARTS) is 1. The van der Waals surface area contributed by atoms with Gasteiger partial charge in [0.25, 0.3) is 0 Å². The molecule has 0 atom stereocenters. The van der Waals surface area contributed by atoms with E-state index in [2.05, 4.69) is 5.32 Å². The summed E-state index contributed by atoms with van der Waals surface area (Å²) < 4.78 is 1.17. The highest BCUT2D eigenvalue weighted by Gasteiger charge is 2.56. The number of fused-ring (bicyclic) bond motifs is 1. The predicted molar refractivity (Wildman–Crippen MR) is 73.0 cm³/mol. The van der Waals surface area contributed by atoms with E-state index in [1.165, 1.54) is 4.70 Å². The fraction of sp³-hybridized carbons (Fsp3) is 0.286. The SMILES string of the molecule is O=C(O)C1(C(=O)NCc2csc3ccccc23)CC1. The molecule has 1 aliphatic rings. The third-order valence-electron chi connectivity index (χ3n) is 3.59. The van der Waals surface area contributed by atoms with E-state index in [0.29, 0.717) is 19.4 Å². The van der Waals surface area contributed by atoms with Crippen molar-refractivity contribution in [1.82, 2.24) is 5.32 Å². The molecule has 0 spiro atoms. The minimum absolute atomic E-state index is 0.365. The molecule has 4 nitrogen and oxygen atoms in total. The molecule has 0 aliphatic heterocycles. The van der Waals surface area contributed by atoms with E-state index in [-0.39, 0.29) is 5.91 Å². The number of hydrogen-bond donors (Lipinski definition) is 2. The van der Waals surface area contributed by atoms with Gasteiger partial charge < -0.3 is 10.4 Å². The van der Waals surface area contributed by atoms with Crippen molar-refractivity contribution >= 4 is 33.3 Å². The summed E-state index contributed by atoms with van der Waals surface area (Å²) >= 11 is 1.63. The van der Waals surface area contributed by atoms with Crippen molar-refractivity contribution in [3.05, 3.63) is 35.2 Å². The lowest BCUT2D eigenvalue weighted by atomic mass is 10.1. The third-order valence-corrected chi connectivity index (χ3v) is 4.61. The lowest BCUT2D eigenvalue weighted by Crippen LogP contribution is -2.36. The van der Waals surface area contributed by atoms with Crippen molar-refractivity contribution in [2.24, 2.45) is 5.41 Å². The Bertz CT molecular complexity index is 658. The summed E-state index contributed by atoms with van der Waals surface area (Å²) in [6, 6.07) is 7.98. The van der Waals surface area contributed by atoms with Crippen molar-refractivity contribution in [3.63, 3.8) is 0 Å². The number of hydrogen-bond acceptors (Lipinski definition) is 3. The summed E-state index contributed by atoms with van der Waals surface area (Å²) in [5, 5.41) is 14.9. The van der Waals surface area contributed by atoms with Crippen LogP contribution in [0, 0.1) is 5.41 Å². The molecule has 1 heterocycles. The van der Waals surface area contributed by atoms with E-state index in [9.17, 15) is 9.59 Å². The van der Waals surface area contributed by atoms with Gasteiger partial charge in [0.2, 0.25) is 5.91 Å². The highest BCUT2D eigenvalue weighted by molar-refractivity contribution is 7.17. The van der Waals surface area contributed by atoms with Gasteiger partial charge in [-0.05, 0) is 35.2 Å². The minimum atomic E-state index is -1.16. The normalized spacial score (nSPS) is 16.2. The number of carbonyl (C=O) groups is 2. The maximum Gasteiger partial charge on any atom is 0.319 e. The fourth-order valence-electron chi connectivity index (χ4n) is 2.18. The van der Waals surface area contributed by atoms with Crippen LogP contribution < -0.4 is 5.32 Å². The van der Waals surface area contributed by atoms with Crippen LogP contribution in [-0.2, 0) is 16.1 Å². The summed E-state index contributed by atoms with van der Waals surface area (Å²) in [7, 11) is 0. The van der Waals surface area contributed by atoms with Crippen molar-refractivity contribution in [2.75, 3.05) is 0 Å². The number of carbonyl (C=O) groups excluding carboxylic acids is 1. The van der Waals surface area contributed by atoms with E-state index in [4.69, 9.17) is 5.11 Å². The molecule has 5 heteroatoms. The van der Waals surface area contributed by atoms with E-state index in [0.717, 1.165) is 10.9 Å². The largest absolute Gasteiger partial charge is 0.480 e. The van der Waals surface area contributed by atoms with Crippen LogP contribution in [0.3, 0.4) is 0 Å². The lowest BCUT2D eigenvalue weighted by molar-refractivity contribution is -0.149. The quantitative estimate of drug-likeness (QED) is 0.842. The molecule has 98 valence electrons. The Kier molecular flexibility index (Phi) is 2.78. The van der Waals surface area contributed by atoms with Gasteiger partial charge in [0, 0.05) is 11.2 Å². The van der Waals surface area contributed by atoms with Gasteiger partial charge >= 0.3 is 5.97 Å². The van der Waals surface area contributed by atoms with Crippen LogP contribution in [0.1, 0.15) is 18.4 Å². The zero-order chi connectivity index (χ0) is 13.5. The highest BCUT2D eigenvalue weighted by atomic mass is 32.1. The van der Waals surface area contributed by atoms with Gasteiger partial charge in [0.05, 0.1) is 0 Å². The van der Waals surface area contributed by atoms with Gasteiger partial charge in [-0.2, -0.15) is 0 Å². The average molecular weight is 275 g/mol. The molecule has 1 saturated carbocycles. The topological polar surface area (TPSA) is 66.4 Å². The Morgan fingerprint density at radius 1 is 1.32 bits per heavy atom. The molecule has 1 aliphatic carbocycles. The third kappa shape index (κ3) is 2.00. The van der Waals surface area contributed by atoms with Crippen molar-refractivity contribution in [2.45, 2.75) is 19.4 Å². The van der Waals surface area contributed by atoms with E-state index < -0.39 is 11.4 Å². The van der Waals surface area contributed by atoms with Crippen LogP contribution in [0.15, 0.2) is 29.6 Å². The van der Waals surface area contributed by atoms with Gasteiger partial charge in [0.15, 0.2) is 0 Å². The fourth-order valence-corrected chi connectivity index (χ4v) is 3.14. The molecule has 1 fully saturated rings. The Labute approximate surface area is 114 Å². The first kappa shape index (κ1) is 12.2. The van der Waals surface area contributed by atoms with Crippen LogP contribution in [-0.4, -0.2) is 17.0 Å². The zero-order valence-electron chi connectivity index (χ0n) is 10.2. The van der Waals surface area contributed by atoms with Crippen molar-refractivity contribution in [3.8, 4) is 0 Å². The monoisotopic (exact) mass is 275 g/mol. The smallest absolute Gasteiger partial charge is 0.319 e.